The second-order valence-corrected chi connectivity index (χ2v) is 4.21. The number of anilines is 2. The molecule has 0 atom stereocenters. The van der Waals surface area contributed by atoms with Gasteiger partial charge in [0.05, 0.1) is 5.69 Å². The first-order chi connectivity index (χ1) is 8.47. The Hall–Kier alpha value is -1.75. The summed E-state index contributed by atoms with van der Waals surface area (Å²) in [6.07, 6.45) is 1.50. The first-order valence-corrected chi connectivity index (χ1v) is 5.57. The predicted octanol–water partition coefficient (Wildman–Crippen LogP) is 3.77. The van der Waals surface area contributed by atoms with Crippen LogP contribution in [0.4, 0.5) is 20.3 Å². The van der Waals surface area contributed by atoms with Gasteiger partial charge in [-0.05, 0) is 37.1 Å². The van der Waals surface area contributed by atoms with Crippen molar-refractivity contribution in [3.8, 4) is 0 Å². The van der Waals surface area contributed by atoms with Gasteiger partial charge in [-0.1, -0.05) is 0 Å². The van der Waals surface area contributed by atoms with E-state index in [4.69, 9.17) is 11.6 Å². The van der Waals surface area contributed by atoms with Crippen LogP contribution in [0, 0.1) is 25.5 Å². The van der Waals surface area contributed by atoms with E-state index >= 15 is 0 Å². The minimum atomic E-state index is -0.553. The van der Waals surface area contributed by atoms with Gasteiger partial charge in [-0.3, -0.25) is 0 Å². The third-order valence-electron chi connectivity index (χ3n) is 2.44. The minimum Gasteiger partial charge on any atom is -0.337 e. The summed E-state index contributed by atoms with van der Waals surface area (Å²) in [5.41, 5.74) is 0.936. The van der Waals surface area contributed by atoms with Gasteiger partial charge in [-0.15, -0.1) is 0 Å². The lowest BCUT2D eigenvalue weighted by Gasteiger charge is -2.10. The van der Waals surface area contributed by atoms with Gasteiger partial charge in [0.1, 0.15) is 17.5 Å². The van der Waals surface area contributed by atoms with E-state index in [9.17, 15) is 8.78 Å². The van der Waals surface area contributed by atoms with Crippen molar-refractivity contribution in [2.75, 3.05) is 5.32 Å². The maximum absolute atomic E-state index is 13.6. The molecular formula is C12H10ClF2N3. The highest BCUT2D eigenvalue weighted by atomic mass is 35.5. The van der Waals surface area contributed by atoms with Gasteiger partial charge in [0.15, 0.2) is 0 Å². The molecule has 1 aromatic carbocycles. The molecule has 0 unspecified atom stereocenters. The summed E-state index contributed by atoms with van der Waals surface area (Å²) in [4.78, 5) is 7.70. The SMILES string of the molecule is Cc1cc(F)c(Nc2nc(Cl)ncc2C)cc1F. The third-order valence-corrected chi connectivity index (χ3v) is 2.63. The molecule has 1 N–H and O–H groups in total. The molecule has 0 radical (unpaired) electrons. The number of rotatable bonds is 2. The second-order valence-electron chi connectivity index (χ2n) is 3.88. The molecule has 0 fully saturated rings. The van der Waals surface area contributed by atoms with Gasteiger partial charge in [0, 0.05) is 17.8 Å². The van der Waals surface area contributed by atoms with E-state index in [0.717, 1.165) is 12.1 Å². The van der Waals surface area contributed by atoms with Crippen LogP contribution in [0.15, 0.2) is 18.3 Å². The van der Waals surface area contributed by atoms with E-state index < -0.39 is 11.6 Å². The fraction of sp³-hybridized carbons (Fsp3) is 0.167. The largest absolute Gasteiger partial charge is 0.337 e. The molecule has 0 spiro atoms. The highest BCUT2D eigenvalue weighted by molar-refractivity contribution is 6.28. The van der Waals surface area contributed by atoms with Crippen molar-refractivity contribution in [2.45, 2.75) is 13.8 Å². The molecule has 2 rings (SSSR count). The molecular weight excluding hydrogens is 260 g/mol. The Kier molecular flexibility index (Phi) is 3.43. The van der Waals surface area contributed by atoms with Crippen molar-refractivity contribution >= 4 is 23.1 Å². The molecule has 0 aliphatic rings. The predicted molar refractivity (Wildman–Crippen MR) is 66.2 cm³/mol. The molecule has 0 amide bonds. The molecule has 0 bridgehead atoms. The quantitative estimate of drug-likeness (QED) is 0.844. The lowest BCUT2D eigenvalue weighted by atomic mass is 10.2. The fourth-order valence-corrected chi connectivity index (χ4v) is 1.55. The Morgan fingerprint density at radius 2 is 1.83 bits per heavy atom. The van der Waals surface area contributed by atoms with Crippen LogP contribution in [0.2, 0.25) is 5.28 Å². The molecule has 1 aromatic heterocycles. The van der Waals surface area contributed by atoms with E-state index in [1.165, 1.54) is 13.1 Å². The van der Waals surface area contributed by atoms with Crippen molar-refractivity contribution in [1.82, 2.24) is 9.97 Å². The third kappa shape index (κ3) is 2.56. The molecule has 0 aliphatic heterocycles. The fourth-order valence-electron chi connectivity index (χ4n) is 1.42. The number of hydrogen-bond acceptors (Lipinski definition) is 3. The summed E-state index contributed by atoms with van der Waals surface area (Å²) < 4.78 is 27.0. The minimum absolute atomic E-state index is 0.0102. The van der Waals surface area contributed by atoms with Crippen molar-refractivity contribution < 1.29 is 8.78 Å². The highest BCUT2D eigenvalue weighted by Crippen LogP contribution is 2.24. The van der Waals surface area contributed by atoms with Crippen molar-refractivity contribution in [1.29, 1.82) is 0 Å². The summed E-state index contributed by atoms with van der Waals surface area (Å²) in [6.45, 7) is 3.23. The van der Waals surface area contributed by atoms with Gasteiger partial charge >= 0.3 is 0 Å². The summed E-state index contributed by atoms with van der Waals surface area (Å²) in [7, 11) is 0. The lowest BCUT2D eigenvalue weighted by Crippen LogP contribution is -2.01. The van der Waals surface area contributed by atoms with E-state index in [0.29, 0.717) is 11.4 Å². The zero-order valence-electron chi connectivity index (χ0n) is 9.76. The van der Waals surface area contributed by atoms with Gasteiger partial charge in [-0.2, -0.15) is 0 Å². The van der Waals surface area contributed by atoms with Gasteiger partial charge in [-0.25, -0.2) is 18.7 Å². The number of aromatic nitrogens is 2. The van der Waals surface area contributed by atoms with Gasteiger partial charge in [0.25, 0.3) is 0 Å². The van der Waals surface area contributed by atoms with Crippen LogP contribution in [0.3, 0.4) is 0 Å². The van der Waals surface area contributed by atoms with E-state index in [1.54, 1.807) is 6.92 Å². The maximum atomic E-state index is 13.6. The van der Waals surface area contributed by atoms with Crippen molar-refractivity contribution in [3.05, 3.63) is 46.4 Å². The first-order valence-electron chi connectivity index (χ1n) is 5.19. The lowest BCUT2D eigenvalue weighted by molar-refractivity contribution is 0.595. The van der Waals surface area contributed by atoms with E-state index in [1.807, 2.05) is 0 Å². The van der Waals surface area contributed by atoms with Gasteiger partial charge < -0.3 is 5.32 Å². The maximum Gasteiger partial charge on any atom is 0.224 e. The van der Waals surface area contributed by atoms with E-state index in [2.05, 4.69) is 15.3 Å². The molecule has 6 heteroatoms. The molecule has 3 nitrogen and oxygen atoms in total. The van der Waals surface area contributed by atoms with Crippen LogP contribution in [0.1, 0.15) is 11.1 Å². The van der Waals surface area contributed by atoms with Crippen LogP contribution in [0.25, 0.3) is 0 Å². The Balaban J connectivity index is 2.40. The molecule has 2 aromatic rings. The van der Waals surface area contributed by atoms with Crippen LogP contribution in [-0.2, 0) is 0 Å². The number of hydrogen-bond donors (Lipinski definition) is 1. The topological polar surface area (TPSA) is 37.8 Å². The second kappa shape index (κ2) is 4.86. The molecule has 94 valence electrons. The zero-order chi connectivity index (χ0) is 13.3. The van der Waals surface area contributed by atoms with Crippen LogP contribution < -0.4 is 5.32 Å². The van der Waals surface area contributed by atoms with Crippen molar-refractivity contribution in [3.63, 3.8) is 0 Å². The monoisotopic (exact) mass is 269 g/mol. The normalized spacial score (nSPS) is 10.5. The summed E-state index contributed by atoms with van der Waals surface area (Å²) in [5, 5.41) is 2.74. The first kappa shape index (κ1) is 12.7. The highest BCUT2D eigenvalue weighted by Gasteiger charge is 2.10. The molecule has 18 heavy (non-hydrogen) atoms. The summed E-state index contributed by atoms with van der Waals surface area (Å²) >= 11 is 5.65. The Bertz CT molecular complexity index is 602. The average molecular weight is 270 g/mol. The van der Waals surface area contributed by atoms with E-state index in [-0.39, 0.29) is 16.5 Å². The Morgan fingerprint density at radius 3 is 2.56 bits per heavy atom. The van der Waals surface area contributed by atoms with Crippen LogP contribution in [0.5, 0.6) is 0 Å². The average Bonchev–Trinajstić information content (AvgIpc) is 2.30. The molecule has 1 heterocycles. The van der Waals surface area contributed by atoms with Crippen LogP contribution >= 0.6 is 11.6 Å². The number of aryl methyl sites for hydroxylation is 2. The number of halogens is 3. The Labute approximate surface area is 108 Å². The zero-order valence-corrected chi connectivity index (χ0v) is 10.5. The number of benzene rings is 1. The summed E-state index contributed by atoms with van der Waals surface area (Å²) in [6, 6.07) is 2.20. The Morgan fingerprint density at radius 1 is 1.11 bits per heavy atom. The number of nitrogens with one attached hydrogen (secondary N) is 1. The molecule has 0 saturated carbocycles. The molecule has 0 aliphatic carbocycles. The number of nitrogens with zero attached hydrogens (tertiary/aromatic N) is 2. The molecule has 0 saturated heterocycles. The van der Waals surface area contributed by atoms with Gasteiger partial charge in [0.2, 0.25) is 5.28 Å². The standard InChI is InChI=1S/C12H10ClF2N3/c1-6-3-9(15)10(4-8(6)14)17-11-7(2)5-16-12(13)18-11/h3-5H,1-2H3,(H,16,17,18). The summed E-state index contributed by atoms with van der Waals surface area (Å²) in [5.74, 6) is -0.697. The van der Waals surface area contributed by atoms with Crippen LogP contribution in [-0.4, -0.2) is 9.97 Å². The smallest absolute Gasteiger partial charge is 0.224 e. The van der Waals surface area contributed by atoms with Crippen molar-refractivity contribution in [2.24, 2.45) is 0 Å².